The minimum Gasteiger partial charge on any atom is -0.479 e. The van der Waals surface area contributed by atoms with Crippen LogP contribution in [0.3, 0.4) is 0 Å². The van der Waals surface area contributed by atoms with Crippen LogP contribution in [0.4, 0.5) is 4.39 Å². The van der Waals surface area contributed by atoms with Gasteiger partial charge in [-0.3, -0.25) is 4.79 Å². The van der Waals surface area contributed by atoms with Gasteiger partial charge in [0.15, 0.2) is 6.10 Å². The molecule has 0 saturated heterocycles. The molecule has 0 saturated carbocycles. The molecule has 184 valence electrons. The summed E-state index contributed by atoms with van der Waals surface area (Å²) in [5.41, 5.74) is 1.99. The van der Waals surface area contributed by atoms with Crippen molar-refractivity contribution in [3.8, 4) is 17.5 Å². The van der Waals surface area contributed by atoms with E-state index in [1.54, 1.807) is 6.07 Å². The number of rotatable bonds is 10. The summed E-state index contributed by atoms with van der Waals surface area (Å²) < 4.78 is 34.0. The van der Waals surface area contributed by atoms with E-state index >= 15 is 0 Å². The lowest BCUT2D eigenvalue weighted by molar-refractivity contribution is -0.144. The van der Waals surface area contributed by atoms with E-state index in [4.69, 9.17) is 14.6 Å². The number of amides is 1. The summed E-state index contributed by atoms with van der Waals surface area (Å²) in [5, 5.41) is 11.6. The molecule has 0 radical (unpaired) electrons. The highest BCUT2D eigenvalue weighted by molar-refractivity contribution is 6.99. The molecular weight excluding hydrogens is 487 g/mol. The molecule has 1 atom stereocenters. The minimum atomic E-state index is -1.16. The number of aromatic nitrogens is 3. The minimum absolute atomic E-state index is 0.0453. The fraction of sp³-hybridized carbons (Fsp3) is 0.160. The number of aliphatic carboxylic acids is 1. The van der Waals surface area contributed by atoms with Gasteiger partial charge in [0.25, 0.3) is 11.8 Å². The lowest BCUT2D eigenvalue weighted by atomic mass is 10.1. The molecule has 2 N–H and O–H groups in total. The molecule has 4 aromatic rings. The molecule has 2 aromatic carbocycles. The summed E-state index contributed by atoms with van der Waals surface area (Å²) in [4.78, 5) is 27.9. The number of nitrogens with zero attached hydrogens (tertiary/aromatic N) is 3. The zero-order valence-corrected chi connectivity index (χ0v) is 19.9. The Labute approximate surface area is 209 Å². The predicted octanol–water partition coefficient (Wildman–Crippen LogP) is 4.24. The number of carbonyl (C=O) groups excluding carboxylic acids is 1. The number of carbonyl (C=O) groups is 2. The van der Waals surface area contributed by atoms with Gasteiger partial charge in [0.2, 0.25) is 5.88 Å². The Bertz CT molecular complexity index is 1370. The van der Waals surface area contributed by atoms with Crippen molar-refractivity contribution >= 4 is 23.6 Å². The maximum absolute atomic E-state index is 14.5. The van der Waals surface area contributed by atoms with E-state index < -0.39 is 23.8 Å². The molecule has 4 rings (SSSR count). The molecule has 0 aliphatic carbocycles. The maximum Gasteiger partial charge on any atom is 0.344 e. The summed E-state index contributed by atoms with van der Waals surface area (Å²) in [6, 6.07) is 16.8. The molecule has 2 aromatic heterocycles. The highest BCUT2D eigenvalue weighted by atomic mass is 32.1. The van der Waals surface area contributed by atoms with Crippen molar-refractivity contribution in [1.82, 2.24) is 19.0 Å². The van der Waals surface area contributed by atoms with E-state index in [0.29, 0.717) is 12.1 Å². The van der Waals surface area contributed by atoms with Crippen molar-refractivity contribution in [2.24, 2.45) is 0 Å². The Kier molecular flexibility index (Phi) is 7.81. The summed E-state index contributed by atoms with van der Waals surface area (Å²) in [5.74, 6) is -1.96. The first-order chi connectivity index (χ1) is 17.4. The molecule has 9 nitrogen and oxygen atoms in total. The highest BCUT2D eigenvalue weighted by Crippen LogP contribution is 2.27. The number of halogens is 1. The zero-order chi connectivity index (χ0) is 25.5. The summed E-state index contributed by atoms with van der Waals surface area (Å²) in [6.45, 7) is 1.22. The van der Waals surface area contributed by atoms with Gasteiger partial charge in [-0.1, -0.05) is 36.4 Å². The Morgan fingerprint density at radius 3 is 2.64 bits per heavy atom. The number of ether oxygens (including phenoxy) is 2. The summed E-state index contributed by atoms with van der Waals surface area (Å²) in [6.07, 6.45) is 0.866. The number of carboxylic acids is 1. The lowest BCUT2D eigenvalue weighted by Crippen LogP contribution is -2.24. The van der Waals surface area contributed by atoms with Crippen molar-refractivity contribution in [3.05, 3.63) is 95.1 Å². The van der Waals surface area contributed by atoms with Crippen molar-refractivity contribution in [1.29, 1.82) is 0 Å². The molecule has 1 amide bonds. The smallest absolute Gasteiger partial charge is 0.344 e. The van der Waals surface area contributed by atoms with Gasteiger partial charge in [-0.15, -0.1) is 4.37 Å². The van der Waals surface area contributed by atoms with Crippen LogP contribution in [0, 0.1) is 5.82 Å². The Hall–Kier alpha value is -4.38. The number of carboxylic acid groups (broad SMARTS) is 1. The van der Waals surface area contributed by atoms with Crippen molar-refractivity contribution in [2.45, 2.75) is 26.0 Å². The first-order valence-electron chi connectivity index (χ1n) is 10.8. The molecule has 11 heteroatoms. The van der Waals surface area contributed by atoms with Gasteiger partial charge in [-0.25, -0.2) is 14.2 Å². The fourth-order valence-electron chi connectivity index (χ4n) is 3.18. The quantitative estimate of drug-likeness (QED) is 0.326. The largest absolute Gasteiger partial charge is 0.479 e. The van der Waals surface area contributed by atoms with E-state index in [2.05, 4.69) is 19.0 Å². The Morgan fingerprint density at radius 2 is 1.89 bits per heavy atom. The molecule has 0 spiro atoms. The van der Waals surface area contributed by atoms with Crippen LogP contribution in [0.1, 0.15) is 34.1 Å². The van der Waals surface area contributed by atoms with E-state index in [-0.39, 0.29) is 35.2 Å². The second kappa shape index (κ2) is 11.4. The van der Waals surface area contributed by atoms with Crippen molar-refractivity contribution < 1.29 is 28.6 Å². The third-order valence-corrected chi connectivity index (χ3v) is 5.62. The second-order valence-electron chi connectivity index (χ2n) is 7.67. The molecule has 0 unspecified atom stereocenters. The average Bonchev–Trinajstić information content (AvgIpc) is 3.30. The van der Waals surface area contributed by atoms with Crippen LogP contribution in [0.2, 0.25) is 0 Å². The van der Waals surface area contributed by atoms with Crippen LogP contribution in [-0.4, -0.2) is 36.8 Å². The highest BCUT2D eigenvalue weighted by Gasteiger charge is 2.19. The molecule has 0 bridgehead atoms. The summed E-state index contributed by atoms with van der Waals surface area (Å²) in [7, 11) is 0. The average molecular weight is 509 g/mol. The van der Waals surface area contributed by atoms with E-state index in [0.717, 1.165) is 23.4 Å². The maximum atomic E-state index is 14.5. The first-order valence-corrected chi connectivity index (χ1v) is 11.6. The normalized spacial score (nSPS) is 11.5. The number of nitrogens with one attached hydrogen (secondary N) is 1. The predicted molar refractivity (Wildman–Crippen MR) is 129 cm³/mol. The lowest BCUT2D eigenvalue weighted by Gasteiger charge is -2.12. The van der Waals surface area contributed by atoms with Crippen LogP contribution in [0.5, 0.6) is 17.5 Å². The fourth-order valence-corrected chi connectivity index (χ4v) is 3.68. The van der Waals surface area contributed by atoms with Crippen LogP contribution in [0.25, 0.3) is 0 Å². The molecule has 0 fully saturated rings. The Balaban J connectivity index is 1.43. The van der Waals surface area contributed by atoms with Crippen LogP contribution in [-0.2, 0) is 17.8 Å². The monoisotopic (exact) mass is 508 g/mol. The topological polar surface area (TPSA) is 124 Å². The Morgan fingerprint density at radius 1 is 1.08 bits per heavy atom. The van der Waals surface area contributed by atoms with E-state index in [1.165, 1.54) is 31.3 Å². The number of hydrogen-bond acceptors (Lipinski definition) is 8. The first kappa shape index (κ1) is 24.7. The third kappa shape index (κ3) is 6.19. The van der Waals surface area contributed by atoms with Crippen LogP contribution < -0.4 is 14.8 Å². The molecule has 0 aliphatic rings. The van der Waals surface area contributed by atoms with Crippen LogP contribution in [0.15, 0.2) is 66.9 Å². The number of benzene rings is 2. The van der Waals surface area contributed by atoms with Gasteiger partial charge in [0.1, 0.15) is 22.8 Å². The standard InChI is InChI=1S/C25H21FN4O5S/c1-15(25(32)33)34-18-10-9-17(20(26)13-18)14-28-22(31)19-8-5-11-27-23(19)35-24-21(29-36-30-24)12-16-6-3-2-4-7-16/h2-11,13,15H,12,14H2,1H3,(H,28,31)(H,32,33)/t15-/m1/s1. The van der Waals surface area contributed by atoms with E-state index in [1.807, 2.05) is 30.3 Å². The van der Waals surface area contributed by atoms with Gasteiger partial charge in [0, 0.05) is 30.8 Å². The molecule has 36 heavy (non-hydrogen) atoms. The molecule has 0 aliphatic heterocycles. The van der Waals surface area contributed by atoms with Crippen molar-refractivity contribution in [3.63, 3.8) is 0 Å². The van der Waals surface area contributed by atoms with Gasteiger partial charge in [0.05, 0.1) is 11.7 Å². The number of hydrogen-bond donors (Lipinski definition) is 2. The summed E-state index contributed by atoms with van der Waals surface area (Å²) >= 11 is 0.996. The van der Waals surface area contributed by atoms with Crippen molar-refractivity contribution in [2.75, 3.05) is 0 Å². The zero-order valence-electron chi connectivity index (χ0n) is 19.1. The number of pyridine rings is 1. The van der Waals surface area contributed by atoms with Gasteiger partial charge < -0.3 is 19.9 Å². The van der Waals surface area contributed by atoms with Crippen LogP contribution >= 0.6 is 11.7 Å². The van der Waals surface area contributed by atoms with Gasteiger partial charge in [-0.05, 0) is 30.7 Å². The van der Waals surface area contributed by atoms with Gasteiger partial charge >= 0.3 is 5.97 Å². The molecule has 2 heterocycles. The van der Waals surface area contributed by atoms with Gasteiger partial charge in [-0.2, -0.15) is 4.37 Å². The van der Waals surface area contributed by atoms with E-state index in [9.17, 15) is 14.0 Å². The second-order valence-corrected chi connectivity index (χ2v) is 8.20. The molecular formula is C25H21FN4O5S. The SMILES string of the molecule is C[C@@H](Oc1ccc(CNC(=O)c2cccnc2Oc2nsnc2Cc2ccccc2)c(F)c1)C(=O)O. The third-order valence-electron chi connectivity index (χ3n) is 5.07.